The number of hydrogen-bond donors (Lipinski definition) is 0. The Morgan fingerprint density at radius 2 is 1.63 bits per heavy atom. The highest BCUT2D eigenvalue weighted by Gasteiger charge is 2.22. The van der Waals surface area contributed by atoms with Crippen LogP contribution in [0, 0.1) is 0 Å². The van der Waals surface area contributed by atoms with Crippen LogP contribution < -0.4 is 0 Å². The van der Waals surface area contributed by atoms with E-state index in [-0.39, 0.29) is 24.8 Å². The van der Waals surface area contributed by atoms with Crippen molar-refractivity contribution in [3.8, 4) is 0 Å². The van der Waals surface area contributed by atoms with Gasteiger partial charge in [0.15, 0.2) is 0 Å². The largest absolute Gasteiger partial charge is 0.385 e. The molecule has 0 aliphatic rings. The van der Waals surface area contributed by atoms with Gasteiger partial charge >= 0.3 is 0 Å². The van der Waals surface area contributed by atoms with Crippen LogP contribution in [0.1, 0.15) is 17.7 Å². The molecule has 0 spiro atoms. The molecule has 0 fully saturated rings. The summed E-state index contributed by atoms with van der Waals surface area (Å²) in [6.07, 6.45) is 2.91. The summed E-state index contributed by atoms with van der Waals surface area (Å²) in [5.41, 5.74) is 1.97. The first kappa shape index (κ1) is 23.6. The average molecular weight is 416 g/mol. The van der Waals surface area contributed by atoms with Crippen LogP contribution in [0.5, 0.6) is 0 Å². The second-order valence-corrected chi connectivity index (χ2v) is 7.24. The first-order valence-corrected chi connectivity index (χ1v) is 10.2. The topological polar surface area (TPSA) is 64.0 Å². The lowest BCUT2D eigenvalue weighted by atomic mass is 10.1. The summed E-state index contributed by atoms with van der Waals surface area (Å²) in [6.45, 7) is 2.46. The fraction of sp³-hybridized carbons (Fsp3) is 0.478. The van der Waals surface area contributed by atoms with Gasteiger partial charge in [-0.25, -0.2) is 0 Å². The van der Waals surface area contributed by atoms with E-state index < -0.39 is 0 Å². The molecule has 0 aliphatic carbocycles. The molecule has 0 atom stereocenters. The zero-order valence-corrected chi connectivity index (χ0v) is 18.3. The smallest absolute Gasteiger partial charge is 0.242 e. The fourth-order valence-corrected chi connectivity index (χ4v) is 3.19. The number of carbonyl (C=O) groups excluding carboxylic acids is 2. The number of aromatic nitrogens is 1. The Labute approximate surface area is 179 Å². The molecule has 0 saturated heterocycles. The van der Waals surface area contributed by atoms with E-state index >= 15 is 0 Å². The van der Waals surface area contributed by atoms with E-state index in [2.05, 4.69) is 0 Å². The van der Waals surface area contributed by atoms with E-state index in [1.807, 2.05) is 60.3 Å². The Bertz CT molecular complexity index is 776. The lowest BCUT2D eigenvalue weighted by Crippen LogP contribution is -2.44. The van der Waals surface area contributed by atoms with Crippen molar-refractivity contribution in [3.05, 3.63) is 59.9 Å². The van der Waals surface area contributed by atoms with Crippen LogP contribution in [0.15, 0.2) is 48.7 Å². The minimum Gasteiger partial charge on any atom is -0.385 e. The summed E-state index contributed by atoms with van der Waals surface area (Å²) in [5, 5.41) is 0. The Morgan fingerprint density at radius 3 is 2.27 bits per heavy atom. The fourth-order valence-electron chi connectivity index (χ4n) is 3.19. The Hall–Kier alpha value is -2.64. The minimum absolute atomic E-state index is 0.0452. The van der Waals surface area contributed by atoms with Crippen LogP contribution in [0.4, 0.5) is 0 Å². The molecule has 0 radical (unpaired) electrons. The van der Waals surface area contributed by atoms with Crippen LogP contribution in [0.2, 0.25) is 0 Å². The van der Waals surface area contributed by atoms with Crippen molar-refractivity contribution in [2.45, 2.75) is 19.4 Å². The van der Waals surface area contributed by atoms with E-state index in [1.54, 1.807) is 24.0 Å². The average Bonchev–Trinajstić information content (AvgIpc) is 3.15. The number of ether oxygens (including phenoxy) is 2. The molecule has 1 aromatic heterocycles. The van der Waals surface area contributed by atoms with Gasteiger partial charge in [-0.1, -0.05) is 30.3 Å². The lowest BCUT2D eigenvalue weighted by Gasteiger charge is -2.28. The van der Waals surface area contributed by atoms with Gasteiger partial charge in [0.1, 0.15) is 0 Å². The van der Waals surface area contributed by atoms with Crippen molar-refractivity contribution in [2.75, 3.05) is 47.1 Å². The number of benzene rings is 1. The van der Waals surface area contributed by atoms with Crippen molar-refractivity contribution in [2.24, 2.45) is 7.05 Å². The Kier molecular flexibility index (Phi) is 10.1. The summed E-state index contributed by atoms with van der Waals surface area (Å²) in [4.78, 5) is 29.4. The van der Waals surface area contributed by atoms with E-state index in [0.29, 0.717) is 39.3 Å². The van der Waals surface area contributed by atoms with Gasteiger partial charge in [-0.3, -0.25) is 9.59 Å². The highest BCUT2D eigenvalue weighted by atomic mass is 16.5. The first-order valence-electron chi connectivity index (χ1n) is 10.2. The zero-order chi connectivity index (χ0) is 21.8. The number of rotatable bonds is 13. The lowest BCUT2D eigenvalue weighted by molar-refractivity contribution is -0.141. The summed E-state index contributed by atoms with van der Waals surface area (Å²) in [6, 6.07) is 13.5. The highest BCUT2D eigenvalue weighted by molar-refractivity contribution is 5.86. The molecule has 7 heteroatoms. The predicted octanol–water partition coefficient (Wildman–Crippen LogP) is 2.11. The molecule has 2 amide bonds. The third-order valence-electron chi connectivity index (χ3n) is 4.98. The quantitative estimate of drug-likeness (QED) is 0.470. The molecule has 164 valence electrons. The van der Waals surface area contributed by atoms with Gasteiger partial charge < -0.3 is 23.8 Å². The minimum atomic E-state index is -0.0907. The van der Waals surface area contributed by atoms with Crippen LogP contribution in [0.3, 0.4) is 0 Å². The normalized spacial score (nSPS) is 10.8. The van der Waals surface area contributed by atoms with Gasteiger partial charge in [0.2, 0.25) is 11.8 Å². The maximum Gasteiger partial charge on any atom is 0.242 e. The van der Waals surface area contributed by atoms with E-state index in [9.17, 15) is 9.59 Å². The van der Waals surface area contributed by atoms with Gasteiger partial charge in [0.25, 0.3) is 0 Å². The van der Waals surface area contributed by atoms with Crippen molar-refractivity contribution >= 4 is 11.8 Å². The Morgan fingerprint density at radius 1 is 0.900 bits per heavy atom. The summed E-state index contributed by atoms with van der Waals surface area (Å²) in [7, 11) is 5.20. The molecule has 0 N–H and O–H groups in total. The molecule has 0 bridgehead atoms. The number of nitrogens with zero attached hydrogens (tertiary/aromatic N) is 3. The number of methoxy groups -OCH3 is 2. The maximum atomic E-state index is 13.1. The van der Waals surface area contributed by atoms with Crippen LogP contribution >= 0.6 is 0 Å². The molecule has 2 aromatic rings. The molecular formula is C23H33N3O4. The van der Waals surface area contributed by atoms with Gasteiger partial charge in [0.05, 0.1) is 26.1 Å². The third-order valence-corrected chi connectivity index (χ3v) is 4.98. The number of amides is 2. The molecule has 1 aromatic carbocycles. The van der Waals surface area contributed by atoms with E-state index in [1.165, 1.54) is 0 Å². The SMILES string of the molecule is COCCCN(CC(=O)N(CCOC)Cc1cccn1C)C(=O)Cc1ccccc1. The molecule has 1 heterocycles. The monoisotopic (exact) mass is 415 g/mol. The van der Waals surface area contributed by atoms with E-state index in [4.69, 9.17) is 9.47 Å². The number of hydrogen-bond acceptors (Lipinski definition) is 4. The van der Waals surface area contributed by atoms with Crippen molar-refractivity contribution in [1.29, 1.82) is 0 Å². The van der Waals surface area contributed by atoms with Crippen molar-refractivity contribution in [1.82, 2.24) is 14.4 Å². The van der Waals surface area contributed by atoms with Gasteiger partial charge in [-0.05, 0) is 24.1 Å². The number of aryl methyl sites for hydroxylation is 1. The summed E-state index contributed by atoms with van der Waals surface area (Å²) < 4.78 is 12.3. The van der Waals surface area contributed by atoms with Crippen LogP contribution in [-0.4, -0.2) is 73.2 Å². The molecule has 2 rings (SSSR count). The van der Waals surface area contributed by atoms with Gasteiger partial charge in [-0.15, -0.1) is 0 Å². The molecule has 0 aliphatic heterocycles. The third kappa shape index (κ3) is 7.65. The highest BCUT2D eigenvalue weighted by Crippen LogP contribution is 2.09. The summed E-state index contributed by atoms with van der Waals surface area (Å²) in [5.74, 6) is -0.150. The molecular weight excluding hydrogens is 382 g/mol. The number of carbonyl (C=O) groups is 2. The van der Waals surface area contributed by atoms with Crippen LogP contribution in [0.25, 0.3) is 0 Å². The van der Waals surface area contributed by atoms with Crippen molar-refractivity contribution in [3.63, 3.8) is 0 Å². The zero-order valence-electron chi connectivity index (χ0n) is 18.3. The molecule has 30 heavy (non-hydrogen) atoms. The van der Waals surface area contributed by atoms with Crippen molar-refractivity contribution < 1.29 is 19.1 Å². The van der Waals surface area contributed by atoms with E-state index in [0.717, 1.165) is 11.3 Å². The van der Waals surface area contributed by atoms with Gasteiger partial charge in [0, 0.05) is 52.9 Å². The second-order valence-electron chi connectivity index (χ2n) is 7.24. The van der Waals surface area contributed by atoms with Gasteiger partial charge in [-0.2, -0.15) is 0 Å². The maximum absolute atomic E-state index is 13.1. The second kappa shape index (κ2) is 12.8. The Balaban J connectivity index is 2.08. The molecule has 0 saturated carbocycles. The molecule has 0 unspecified atom stereocenters. The predicted molar refractivity (Wildman–Crippen MR) is 116 cm³/mol. The summed E-state index contributed by atoms with van der Waals surface area (Å²) >= 11 is 0. The molecule has 7 nitrogen and oxygen atoms in total. The van der Waals surface area contributed by atoms with Crippen LogP contribution in [-0.2, 0) is 39.1 Å². The standard InChI is InChI=1S/C23H33N3O4/c1-24-12-7-11-21(24)18-26(14-16-30-3)23(28)19-25(13-8-15-29-2)22(27)17-20-9-5-4-6-10-20/h4-7,9-12H,8,13-19H2,1-3H3. The first-order chi connectivity index (χ1) is 14.5.